The molecule has 0 N–H and O–H groups in total. The summed E-state index contributed by atoms with van der Waals surface area (Å²) in [5, 5.41) is 0. The van der Waals surface area contributed by atoms with E-state index in [9.17, 15) is 9.59 Å². The number of rotatable bonds is 4. The lowest BCUT2D eigenvalue weighted by Gasteiger charge is -2.03. The monoisotopic (exact) mass is 296 g/mol. The molecular formula is C13H13BrO3. The molecule has 17 heavy (non-hydrogen) atoms. The number of Topliss-reactive ketones (excluding diaryl/α,β-unsaturated/α-hetero) is 1. The average Bonchev–Trinajstić information content (AvgIpc) is 2.26. The van der Waals surface area contributed by atoms with Crippen LogP contribution in [0.2, 0.25) is 0 Å². The maximum absolute atomic E-state index is 11.4. The van der Waals surface area contributed by atoms with Crippen molar-refractivity contribution in [3.05, 3.63) is 39.9 Å². The molecule has 0 radical (unpaired) electrons. The molecule has 0 saturated carbocycles. The molecule has 0 spiro atoms. The zero-order valence-corrected chi connectivity index (χ0v) is 11.3. The van der Waals surface area contributed by atoms with Crippen LogP contribution < -0.4 is 0 Å². The summed E-state index contributed by atoms with van der Waals surface area (Å²) in [5.41, 5.74) is 1.27. The zero-order valence-electron chi connectivity index (χ0n) is 9.70. The van der Waals surface area contributed by atoms with E-state index >= 15 is 0 Å². The van der Waals surface area contributed by atoms with Gasteiger partial charge in [-0.3, -0.25) is 4.79 Å². The molecule has 0 aliphatic rings. The van der Waals surface area contributed by atoms with Gasteiger partial charge in [0.05, 0.1) is 6.61 Å². The molecule has 0 unspecified atom stereocenters. The molecule has 0 amide bonds. The van der Waals surface area contributed by atoms with Gasteiger partial charge < -0.3 is 4.74 Å². The topological polar surface area (TPSA) is 43.4 Å². The second-order valence-corrected chi connectivity index (χ2v) is 4.29. The lowest BCUT2D eigenvalue weighted by atomic mass is 10.0. The van der Waals surface area contributed by atoms with E-state index in [2.05, 4.69) is 15.9 Å². The van der Waals surface area contributed by atoms with Crippen LogP contribution in [0.15, 0.2) is 28.7 Å². The van der Waals surface area contributed by atoms with Crippen LogP contribution in [0, 0.1) is 0 Å². The molecule has 0 aliphatic carbocycles. The van der Waals surface area contributed by atoms with Crippen molar-refractivity contribution in [2.45, 2.75) is 13.8 Å². The molecule has 1 aromatic rings. The number of ether oxygens (including phenoxy) is 1. The van der Waals surface area contributed by atoms with Crippen LogP contribution in [0.5, 0.6) is 0 Å². The first-order valence-corrected chi connectivity index (χ1v) is 5.99. The van der Waals surface area contributed by atoms with Gasteiger partial charge in [-0.2, -0.15) is 0 Å². The first-order valence-electron chi connectivity index (χ1n) is 5.20. The zero-order chi connectivity index (χ0) is 12.8. The summed E-state index contributed by atoms with van der Waals surface area (Å²) in [6.07, 6.45) is 2.90. The number of ketones is 1. The Morgan fingerprint density at radius 3 is 2.71 bits per heavy atom. The van der Waals surface area contributed by atoms with Crippen molar-refractivity contribution >= 4 is 33.8 Å². The Labute approximate surface area is 109 Å². The highest BCUT2D eigenvalue weighted by Crippen LogP contribution is 2.18. The number of benzene rings is 1. The average molecular weight is 297 g/mol. The Morgan fingerprint density at radius 2 is 2.12 bits per heavy atom. The number of esters is 1. The van der Waals surface area contributed by atoms with Crippen LogP contribution in [-0.2, 0) is 9.53 Å². The van der Waals surface area contributed by atoms with Crippen molar-refractivity contribution in [3.8, 4) is 0 Å². The van der Waals surface area contributed by atoms with Crippen molar-refractivity contribution in [2.24, 2.45) is 0 Å². The highest BCUT2D eigenvalue weighted by molar-refractivity contribution is 9.10. The Bertz CT molecular complexity index is 464. The predicted octanol–water partition coefficient (Wildman–Crippen LogP) is 3.23. The molecule has 0 fully saturated rings. The maximum atomic E-state index is 11.4. The summed E-state index contributed by atoms with van der Waals surface area (Å²) in [6.45, 7) is 3.57. The number of halogens is 1. The van der Waals surface area contributed by atoms with Gasteiger partial charge in [0.25, 0.3) is 0 Å². The van der Waals surface area contributed by atoms with E-state index in [1.54, 1.807) is 31.2 Å². The number of hydrogen-bond donors (Lipinski definition) is 0. The van der Waals surface area contributed by atoms with Crippen molar-refractivity contribution in [1.82, 2.24) is 0 Å². The van der Waals surface area contributed by atoms with Gasteiger partial charge >= 0.3 is 5.97 Å². The third-order valence-corrected chi connectivity index (χ3v) is 2.57. The van der Waals surface area contributed by atoms with Gasteiger partial charge in [-0.05, 0) is 43.7 Å². The van der Waals surface area contributed by atoms with Gasteiger partial charge in [0.2, 0.25) is 0 Å². The van der Waals surface area contributed by atoms with E-state index in [-0.39, 0.29) is 5.78 Å². The first kappa shape index (κ1) is 13.6. The molecule has 0 aliphatic heterocycles. The summed E-state index contributed by atoms with van der Waals surface area (Å²) >= 11 is 3.32. The second kappa shape index (κ2) is 6.35. The summed E-state index contributed by atoms with van der Waals surface area (Å²) in [4.78, 5) is 22.6. The molecule has 4 heteroatoms. The third kappa shape index (κ3) is 4.15. The molecule has 0 bridgehead atoms. The van der Waals surface area contributed by atoms with Crippen LogP contribution in [0.3, 0.4) is 0 Å². The molecule has 3 nitrogen and oxygen atoms in total. The van der Waals surface area contributed by atoms with E-state index in [0.717, 1.165) is 4.47 Å². The standard InChI is InChI=1S/C13H13BrO3/c1-3-17-13(16)7-4-10-8-11(14)5-6-12(10)9(2)15/h4-8H,3H2,1-2H3/b7-4+. The molecule has 0 heterocycles. The molecule has 1 aromatic carbocycles. The van der Waals surface area contributed by atoms with E-state index in [4.69, 9.17) is 4.74 Å². The second-order valence-electron chi connectivity index (χ2n) is 3.37. The van der Waals surface area contributed by atoms with Crippen molar-refractivity contribution in [2.75, 3.05) is 6.61 Å². The predicted molar refractivity (Wildman–Crippen MR) is 69.8 cm³/mol. The lowest BCUT2D eigenvalue weighted by molar-refractivity contribution is -0.137. The molecule has 1 rings (SSSR count). The van der Waals surface area contributed by atoms with Crippen molar-refractivity contribution in [1.29, 1.82) is 0 Å². The highest BCUT2D eigenvalue weighted by Gasteiger charge is 2.05. The maximum Gasteiger partial charge on any atom is 0.330 e. The Morgan fingerprint density at radius 1 is 1.41 bits per heavy atom. The SMILES string of the molecule is CCOC(=O)/C=C/c1cc(Br)ccc1C(C)=O. The summed E-state index contributed by atoms with van der Waals surface area (Å²) in [6, 6.07) is 5.29. The molecule has 90 valence electrons. The summed E-state index contributed by atoms with van der Waals surface area (Å²) in [7, 11) is 0. The van der Waals surface area contributed by atoms with E-state index in [1.165, 1.54) is 13.0 Å². The Hall–Kier alpha value is -1.42. The molecule has 0 aromatic heterocycles. The van der Waals surface area contributed by atoms with Crippen molar-refractivity contribution in [3.63, 3.8) is 0 Å². The summed E-state index contributed by atoms with van der Waals surface area (Å²) < 4.78 is 5.62. The van der Waals surface area contributed by atoms with Gasteiger partial charge in [-0.1, -0.05) is 15.9 Å². The smallest absolute Gasteiger partial charge is 0.330 e. The van der Waals surface area contributed by atoms with Crippen LogP contribution in [-0.4, -0.2) is 18.4 Å². The fourth-order valence-electron chi connectivity index (χ4n) is 1.34. The minimum atomic E-state index is -0.415. The lowest BCUT2D eigenvalue weighted by Crippen LogP contribution is -2.00. The minimum Gasteiger partial charge on any atom is -0.463 e. The van der Waals surface area contributed by atoms with Gasteiger partial charge in [0.15, 0.2) is 5.78 Å². The quantitative estimate of drug-likeness (QED) is 0.487. The minimum absolute atomic E-state index is 0.0407. The van der Waals surface area contributed by atoms with Crippen LogP contribution in [0.25, 0.3) is 6.08 Å². The Kier molecular flexibility index (Phi) is 5.10. The molecule has 0 saturated heterocycles. The van der Waals surface area contributed by atoms with Gasteiger partial charge in [-0.25, -0.2) is 4.79 Å². The van der Waals surface area contributed by atoms with E-state index in [1.807, 2.05) is 0 Å². The number of carbonyl (C=O) groups is 2. The molecule has 0 atom stereocenters. The van der Waals surface area contributed by atoms with Crippen LogP contribution >= 0.6 is 15.9 Å². The summed E-state index contributed by atoms with van der Waals surface area (Å²) in [5.74, 6) is -0.456. The number of carbonyl (C=O) groups excluding carboxylic acids is 2. The Balaban J connectivity index is 3.00. The first-order chi connectivity index (χ1) is 8.04. The fraction of sp³-hybridized carbons (Fsp3) is 0.231. The fourth-order valence-corrected chi connectivity index (χ4v) is 1.72. The number of hydrogen-bond acceptors (Lipinski definition) is 3. The third-order valence-electron chi connectivity index (χ3n) is 2.08. The normalized spacial score (nSPS) is 10.5. The molecular weight excluding hydrogens is 284 g/mol. The van der Waals surface area contributed by atoms with Crippen LogP contribution in [0.1, 0.15) is 29.8 Å². The van der Waals surface area contributed by atoms with E-state index in [0.29, 0.717) is 17.7 Å². The van der Waals surface area contributed by atoms with Gasteiger partial charge in [0, 0.05) is 16.1 Å². The highest BCUT2D eigenvalue weighted by atomic mass is 79.9. The van der Waals surface area contributed by atoms with Gasteiger partial charge in [-0.15, -0.1) is 0 Å². The van der Waals surface area contributed by atoms with Gasteiger partial charge in [0.1, 0.15) is 0 Å². The van der Waals surface area contributed by atoms with E-state index < -0.39 is 5.97 Å². The largest absolute Gasteiger partial charge is 0.463 e. The van der Waals surface area contributed by atoms with Crippen LogP contribution in [0.4, 0.5) is 0 Å². The van der Waals surface area contributed by atoms with Crippen molar-refractivity contribution < 1.29 is 14.3 Å².